The Labute approximate surface area is 180 Å². The van der Waals surface area contributed by atoms with Crippen LogP contribution in [0.4, 0.5) is 11.6 Å². The highest BCUT2D eigenvalue weighted by atomic mass is 16.5. The minimum absolute atomic E-state index is 0.0768. The van der Waals surface area contributed by atoms with Gasteiger partial charge in [-0.3, -0.25) is 9.69 Å². The number of nitrogen functional groups attached to an aromatic ring is 1. The van der Waals surface area contributed by atoms with Gasteiger partial charge in [-0.25, -0.2) is 0 Å². The maximum absolute atomic E-state index is 12.6. The van der Waals surface area contributed by atoms with E-state index < -0.39 is 0 Å². The number of ether oxygens (including phenoxy) is 1. The lowest BCUT2D eigenvalue weighted by atomic mass is 9.92. The van der Waals surface area contributed by atoms with Crippen LogP contribution in [0.1, 0.15) is 76.7 Å². The lowest BCUT2D eigenvalue weighted by Crippen LogP contribution is -2.41. The van der Waals surface area contributed by atoms with Crippen LogP contribution in [0.5, 0.6) is 6.01 Å². The van der Waals surface area contributed by atoms with Crippen LogP contribution in [0.15, 0.2) is 0 Å². The van der Waals surface area contributed by atoms with Crippen molar-refractivity contribution in [3.05, 3.63) is 5.56 Å². The first-order valence-electron chi connectivity index (χ1n) is 12.0. The monoisotopic (exact) mass is 415 g/mol. The van der Waals surface area contributed by atoms with Gasteiger partial charge in [-0.2, -0.15) is 9.97 Å². The van der Waals surface area contributed by atoms with E-state index in [0.717, 1.165) is 36.8 Å². The lowest BCUT2D eigenvalue weighted by molar-refractivity contribution is -0.117. The molecule has 1 aromatic rings. The fourth-order valence-electron chi connectivity index (χ4n) is 5.30. The van der Waals surface area contributed by atoms with E-state index in [0.29, 0.717) is 37.2 Å². The molecule has 7 nitrogen and oxygen atoms in total. The van der Waals surface area contributed by atoms with E-state index in [1.54, 1.807) is 4.90 Å². The molecule has 30 heavy (non-hydrogen) atoms. The first-order valence-corrected chi connectivity index (χ1v) is 12.0. The van der Waals surface area contributed by atoms with Crippen LogP contribution in [-0.2, 0) is 11.2 Å². The summed E-state index contributed by atoms with van der Waals surface area (Å²) in [6.07, 6.45) is 12.7. The molecule has 0 bridgehead atoms. The number of hydrogen-bond donors (Lipinski definition) is 1. The number of carbonyl (C=O) groups excluding carboxylic acids is 1. The Morgan fingerprint density at radius 1 is 1.13 bits per heavy atom. The summed E-state index contributed by atoms with van der Waals surface area (Å²) < 4.78 is 5.65. The zero-order valence-electron chi connectivity index (χ0n) is 18.4. The van der Waals surface area contributed by atoms with Crippen molar-refractivity contribution < 1.29 is 9.53 Å². The minimum atomic E-state index is 0.0768. The van der Waals surface area contributed by atoms with Crippen LogP contribution in [0.3, 0.4) is 0 Å². The Morgan fingerprint density at radius 3 is 2.77 bits per heavy atom. The van der Waals surface area contributed by atoms with Crippen LogP contribution < -0.4 is 15.4 Å². The van der Waals surface area contributed by atoms with E-state index in [2.05, 4.69) is 21.8 Å². The van der Waals surface area contributed by atoms with Crippen LogP contribution in [0, 0.1) is 5.92 Å². The minimum Gasteiger partial charge on any atom is -0.463 e. The van der Waals surface area contributed by atoms with Gasteiger partial charge in [0.25, 0.3) is 0 Å². The Balaban J connectivity index is 1.32. The molecule has 0 aromatic carbocycles. The summed E-state index contributed by atoms with van der Waals surface area (Å²) in [6, 6.07) is 1.12. The molecule has 4 rings (SSSR count). The van der Waals surface area contributed by atoms with Gasteiger partial charge in [-0.1, -0.05) is 26.2 Å². The molecule has 1 amide bonds. The van der Waals surface area contributed by atoms with E-state index in [9.17, 15) is 4.79 Å². The molecule has 2 N–H and O–H groups in total. The molecule has 0 radical (unpaired) electrons. The standard InChI is InChI=1S/C23H37N5O2/c1-2-3-14-30-23-25-21(24)19-15-20(29)28(22(19)26-23)13-7-9-17-8-6-12-27(16-17)18-10-4-5-11-18/h17-18H,2-16H2,1H3,(H2,24,25,26). The lowest BCUT2D eigenvalue weighted by Gasteiger charge is -2.37. The smallest absolute Gasteiger partial charge is 0.320 e. The van der Waals surface area contributed by atoms with Gasteiger partial charge in [0, 0.05) is 24.7 Å². The average Bonchev–Trinajstić information content (AvgIpc) is 3.38. The molecule has 166 valence electrons. The second-order valence-corrected chi connectivity index (χ2v) is 9.20. The van der Waals surface area contributed by atoms with Gasteiger partial charge in [0.2, 0.25) is 5.91 Å². The molecule has 1 saturated heterocycles. The Kier molecular flexibility index (Phi) is 7.08. The number of likely N-dealkylation sites (tertiary alicyclic amines) is 1. The first kappa shape index (κ1) is 21.3. The SMILES string of the molecule is CCCCOc1nc(N)c2c(n1)N(CCCC1CCCN(C3CCCC3)C1)C(=O)C2. The van der Waals surface area contributed by atoms with Gasteiger partial charge in [0.05, 0.1) is 13.0 Å². The molecule has 1 aromatic heterocycles. The van der Waals surface area contributed by atoms with Crippen molar-refractivity contribution in [3.63, 3.8) is 0 Å². The van der Waals surface area contributed by atoms with Crippen LogP contribution in [-0.4, -0.2) is 53.1 Å². The summed E-state index contributed by atoms with van der Waals surface area (Å²) in [5.74, 6) is 1.87. The molecule has 0 spiro atoms. The largest absolute Gasteiger partial charge is 0.463 e. The van der Waals surface area contributed by atoms with Crippen molar-refractivity contribution >= 4 is 17.5 Å². The number of rotatable bonds is 9. The maximum atomic E-state index is 12.6. The third-order valence-corrected chi connectivity index (χ3v) is 7.00. The Morgan fingerprint density at radius 2 is 1.97 bits per heavy atom. The van der Waals surface area contributed by atoms with Gasteiger partial charge < -0.3 is 15.4 Å². The van der Waals surface area contributed by atoms with Crippen molar-refractivity contribution in [2.75, 3.05) is 36.9 Å². The fraction of sp³-hybridized carbons (Fsp3) is 0.783. The number of fused-ring (bicyclic) bond motifs is 1. The Hall–Kier alpha value is -1.89. The number of unbranched alkanes of at least 4 members (excludes halogenated alkanes) is 1. The predicted molar refractivity (Wildman–Crippen MR) is 119 cm³/mol. The number of piperidine rings is 1. The van der Waals surface area contributed by atoms with Crippen LogP contribution >= 0.6 is 0 Å². The van der Waals surface area contributed by atoms with Crippen LogP contribution in [0.2, 0.25) is 0 Å². The normalized spacial score (nSPS) is 22.6. The molecule has 1 saturated carbocycles. The predicted octanol–water partition coefficient (Wildman–Crippen LogP) is 3.56. The summed E-state index contributed by atoms with van der Waals surface area (Å²) in [5.41, 5.74) is 6.86. The van der Waals surface area contributed by atoms with Gasteiger partial charge >= 0.3 is 6.01 Å². The number of hydrogen-bond acceptors (Lipinski definition) is 6. The maximum Gasteiger partial charge on any atom is 0.320 e. The zero-order chi connectivity index (χ0) is 20.9. The molecule has 3 heterocycles. The molecular formula is C23H37N5O2. The topological polar surface area (TPSA) is 84.6 Å². The molecule has 3 aliphatic rings. The van der Waals surface area contributed by atoms with Crippen molar-refractivity contribution in [1.29, 1.82) is 0 Å². The van der Waals surface area contributed by atoms with E-state index >= 15 is 0 Å². The van der Waals surface area contributed by atoms with Crippen molar-refractivity contribution in [3.8, 4) is 6.01 Å². The summed E-state index contributed by atoms with van der Waals surface area (Å²) in [7, 11) is 0. The number of carbonyl (C=O) groups is 1. The number of anilines is 2. The molecule has 1 aliphatic carbocycles. The molecule has 2 aliphatic heterocycles. The highest BCUT2D eigenvalue weighted by molar-refractivity contribution is 6.01. The van der Waals surface area contributed by atoms with Crippen molar-refractivity contribution in [1.82, 2.24) is 14.9 Å². The second-order valence-electron chi connectivity index (χ2n) is 9.20. The third kappa shape index (κ3) is 4.88. The van der Waals surface area contributed by atoms with Crippen molar-refractivity contribution in [2.45, 2.75) is 83.6 Å². The van der Waals surface area contributed by atoms with E-state index in [-0.39, 0.29) is 5.91 Å². The van der Waals surface area contributed by atoms with E-state index in [4.69, 9.17) is 10.5 Å². The van der Waals surface area contributed by atoms with E-state index in [1.807, 2.05) is 0 Å². The second kappa shape index (κ2) is 9.94. The van der Waals surface area contributed by atoms with Gasteiger partial charge in [0.15, 0.2) is 0 Å². The summed E-state index contributed by atoms with van der Waals surface area (Å²) >= 11 is 0. The van der Waals surface area contributed by atoms with Crippen molar-refractivity contribution in [2.24, 2.45) is 5.92 Å². The van der Waals surface area contributed by atoms with Gasteiger partial charge in [-0.15, -0.1) is 0 Å². The molecular weight excluding hydrogens is 378 g/mol. The molecule has 2 fully saturated rings. The molecule has 1 atom stereocenters. The van der Waals surface area contributed by atoms with E-state index in [1.165, 1.54) is 58.0 Å². The fourth-order valence-corrected chi connectivity index (χ4v) is 5.30. The number of nitrogens with two attached hydrogens (primary N) is 1. The quantitative estimate of drug-likeness (QED) is 0.621. The Bertz CT molecular complexity index is 735. The number of nitrogens with zero attached hydrogens (tertiary/aromatic N) is 4. The summed E-state index contributed by atoms with van der Waals surface area (Å²) in [6.45, 7) is 5.90. The average molecular weight is 416 g/mol. The zero-order valence-corrected chi connectivity index (χ0v) is 18.4. The highest BCUT2D eigenvalue weighted by Gasteiger charge is 2.33. The third-order valence-electron chi connectivity index (χ3n) is 7.00. The summed E-state index contributed by atoms with van der Waals surface area (Å²) in [4.78, 5) is 25.9. The van der Waals surface area contributed by atoms with Gasteiger partial charge in [0.1, 0.15) is 11.6 Å². The summed E-state index contributed by atoms with van der Waals surface area (Å²) in [5, 5.41) is 0. The molecule has 7 heteroatoms. The highest BCUT2D eigenvalue weighted by Crippen LogP contribution is 2.33. The molecule has 1 unspecified atom stereocenters. The number of aromatic nitrogens is 2. The van der Waals surface area contributed by atoms with Crippen LogP contribution in [0.25, 0.3) is 0 Å². The first-order chi connectivity index (χ1) is 14.7. The van der Waals surface area contributed by atoms with Gasteiger partial charge in [-0.05, 0) is 57.4 Å². The number of amides is 1.